The molecule has 1 heteroatoms. The van der Waals surface area contributed by atoms with Crippen LogP contribution in [0.4, 0.5) is 0 Å². The lowest BCUT2D eigenvalue weighted by molar-refractivity contribution is 0.469. The third-order valence-corrected chi connectivity index (χ3v) is 5.17. The Morgan fingerprint density at radius 2 is 1.88 bits per heavy atom. The van der Waals surface area contributed by atoms with Crippen LogP contribution in [0.2, 0.25) is 0 Å². The molecule has 0 heterocycles. The van der Waals surface area contributed by atoms with Crippen LogP contribution in [0.5, 0.6) is 0 Å². The normalized spacial score (nSPS) is 22.7. The third kappa shape index (κ3) is 3.34. The molecule has 1 aliphatic carbocycles. The zero-order valence-corrected chi connectivity index (χ0v) is 12.4. The number of hydrogen-bond acceptors (Lipinski definition) is 0. The average Bonchev–Trinajstić information content (AvgIpc) is 2.67. The fraction of sp³-hybridized carbons (Fsp3) is 0.625. The highest BCUT2D eigenvalue weighted by molar-refractivity contribution is 9.09. The highest BCUT2D eigenvalue weighted by Gasteiger charge is 2.29. The van der Waals surface area contributed by atoms with Crippen LogP contribution in [0.3, 0.4) is 0 Å². The van der Waals surface area contributed by atoms with Gasteiger partial charge in [-0.25, -0.2) is 0 Å². The molecule has 0 saturated carbocycles. The second kappa shape index (κ2) is 6.58. The van der Waals surface area contributed by atoms with E-state index in [0.717, 1.165) is 5.92 Å². The van der Waals surface area contributed by atoms with E-state index in [2.05, 4.69) is 47.1 Å². The summed E-state index contributed by atoms with van der Waals surface area (Å²) >= 11 is 3.89. The summed E-state index contributed by atoms with van der Waals surface area (Å²) in [5.41, 5.74) is 3.10. The van der Waals surface area contributed by atoms with Crippen molar-refractivity contribution in [2.45, 2.75) is 56.7 Å². The van der Waals surface area contributed by atoms with E-state index in [0.29, 0.717) is 4.83 Å². The molecule has 0 N–H and O–H groups in total. The molecule has 2 rings (SSSR count). The number of unbranched alkanes of at least 4 members (excludes halogenated alkanes) is 4. The molecule has 2 unspecified atom stereocenters. The van der Waals surface area contributed by atoms with Gasteiger partial charge in [0.1, 0.15) is 0 Å². The Morgan fingerprint density at radius 3 is 2.65 bits per heavy atom. The van der Waals surface area contributed by atoms with Crippen molar-refractivity contribution in [2.24, 2.45) is 5.92 Å². The standard InChI is InChI=1S/C16H23Br/c1-2-3-4-5-6-10-14-12-13-9-7-8-11-15(13)16(14)17/h7-9,11,14,16H,2-6,10,12H2,1H3. The van der Waals surface area contributed by atoms with E-state index >= 15 is 0 Å². The minimum Gasteiger partial charge on any atom is -0.0836 e. The molecule has 0 aromatic heterocycles. The SMILES string of the molecule is CCCCCCCC1Cc2ccccc2C1Br. The third-order valence-electron chi connectivity index (χ3n) is 3.93. The van der Waals surface area contributed by atoms with Crippen molar-refractivity contribution in [2.75, 3.05) is 0 Å². The number of hydrogen-bond donors (Lipinski definition) is 0. The second-order valence-electron chi connectivity index (χ2n) is 5.27. The number of halogens is 1. The number of alkyl halides is 1. The highest BCUT2D eigenvalue weighted by atomic mass is 79.9. The summed E-state index contributed by atoms with van der Waals surface area (Å²) in [7, 11) is 0. The molecule has 0 bridgehead atoms. The van der Waals surface area contributed by atoms with Crippen molar-refractivity contribution in [3.63, 3.8) is 0 Å². The van der Waals surface area contributed by atoms with E-state index in [-0.39, 0.29) is 0 Å². The van der Waals surface area contributed by atoms with Crippen LogP contribution in [-0.4, -0.2) is 0 Å². The Balaban J connectivity index is 1.78. The van der Waals surface area contributed by atoms with Crippen LogP contribution in [0, 0.1) is 5.92 Å². The van der Waals surface area contributed by atoms with Crippen LogP contribution in [0.25, 0.3) is 0 Å². The summed E-state index contributed by atoms with van der Waals surface area (Å²) in [5.74, 6) is 0.828. The summed E-state index contributed by atoms with van der Waals surface area (Å²) in [6.07, 6.45) is 9.65. The quantitative estimate of drug-likeness (QED) is 0.469. The molecule has 0 nitrogen and oxygen atoms in total. The molecule has 0 aliphatic heterocycles. The average molecular weight is 295 g/mol. The minimum atomic E-state index is 0.602. The molecule has 0 spiro atoms. The van der Waals surface area contributed by atoms with E-state index in [1.807, 2.05) is 0 Å². The van der Waals surface area contributed by atoms with Gasteiger partial charge in [0.2, 0.25) is 0 Å². The topological polar surface area (TPSA) is 0 Å². The van der Waals surface area contributed by atoms with Crippen LogP contribution in [0.15, 0.2) is 24.3 Å². The number of rotatable bonds is 6. The van der Waals surface area contributed by atoms with Gasteiger partial charge in [0.05, 0.1) is 0 Å². The van der Waals surface area contributed by atoms with Crippen LogP contribution in [-0.2, 0) is 6.42 Å². The molecule has 1 aromatic carbocycles. The van der Waals surface area contributed by atoms with Crippen molar-refractivity contribution in [3.05, 3.63) is 35.4 Å². The number of fused-ring (bicyclic) bond motifs is 1. The van der Waals surface area contributed by atoms with Gasteiger partial charge in [-0.1, -0.05) is 79.2 Å². The van der Waals surface area contributed by atoms with Gasteiger partial charge in [-0.15, -0.1) is 0 Å². The smallest absolute Gasteiger partial charge is 0.0429 e. The van der Waals surface area contributed by atoms with Gasteiger partial charge in [-0.05, 0) is 29.9 Å². The van der Waals surface area contributed by atoms with E-state index < -0.39 is 0 Å². The van der Waals surface area contributed by atoms with E-state index in [4.69, 9.17) is 0 Å². The van der Waals surface area contributed by atoms with Gasteiger partial charge in [0.15, 0.2) is 0 Å². The van der Waals surface area contributed by atoms with Gasteiger partial charge in [0.25, 0.3) is 0 Å². The molecular formula is C16H23Br. The second-order valence-corrected chi connectivity index (χ2v) is 6.25. The molecule has 94 valence electrons. The number of benzene rings is 1. The Morgan fingerprint density at radius 1 is 1.12 bits per heavy atom. The minimum absolute atomic E-state index is 0.602. The van der Waals surface area contributed by atoms with Crippen molar-refractivity contribution in [1.82, 2.24) is 0 Å². The highest BCUT2D eigenvalue weighted by Crippen LogP contribution is 2.44. The van der Waals surface area contributed by atoms with Gasteiger partial charge in [0, 0.05) is 4.83 Å². The zero-order valence-electron chi connectivity index (χ0n) is 10.8. The maximum atomic E-state index is 3.89. The molecule has 0 radical (unpaired) electrons. The maximum Gasteiger partial charge on any atom is 0.0429 e. The van der Waals surface area contributed by atoms with E-state index in [1.165, 1.54) is 50.5 Å². The van der Waals surface area contributed by atoms with Crippen molar-refractivity contribution >= 4 is 15.9 Å². The molecule has 0 amide bonds. The van der Waals surface area contributed by atoms with E-state index in [1.54, 1.807) is 5.56 Å². The molecule has 0 saturated heterocycles. The van der Waals surface area contributed by atoms with Gasteiger partial charge in [-0.3, -0.25) is 0 Å². The van der Waals surface area contributed by atoms with Gasteiger partial charge in [-0.2, -0.15) is 0 Å². The van der Waals surface area contributed by atoms with Crippen LogP contribution >= 0.6 is 15.9 Å². The summed E-state index contributed by atoms with van der Waals surface area (Å²) in [5, 5.41) is 0. The molecule has 17 heavy (non-hydrogen) atoms. The fourth-order valence-corrected chi connectivity index (χ4v) is 3.79. The Kier molecular flexibility index (Phi) is 5.09. The Labute approximate surface area is 114 Å². The maximum absolute atomic E-state index is 3.89. The lowest BCUT2D eigenvalue weighted by Crippen LogP contribution is -2.02. The predicted octanol–water partition coefficient (Wildman–Crippen LogP) is 5.66. The van der Waals surface area contributed by atoms with Crippen molar-refractivity contribution < 1.29 is 0 Å². The first-order valence-corrected chi connectivity index (χ1v) is 7.96. The first kappa shape index (κ1) is 13.1. The van der Waals surface area contributed by atoms with Gasteiger partial charge < -0.3 is 0 Å². The fourth-order valence-electron chi connectivity index (χ4n) is 2.89. The zero-order chi connectivity index (χ0) is 12.1. The largest absolute Gasteiger partial charge is 0.0836 e. The molecule has 2 atom stereocenters. The van der Waals surface area contributed by atoms with Crippen molar-refractivity contribution in [1.29, 1.82) is 0 Å². The van der Waals surface area contributed by atoms with Crippen LogP contribution < -0.4 is 0 Å². The molecule has 1 aromatic rings. The molecule has 1 aliphatic rings. The first-order chi connectivity index (χ1) is 8.33. The van der Waals surface area contributed by atoms with Crippen molar-refractivity contribution in [3.8, 4) is 0 Å². The van der Waals surface area contributed by atoms with E-state index in [9.17, 15) is 0 Å². The van der Waals surface area contributed by atoms with Crippen LogP contribution in [0.1, 0.15) is 61.4 Å². The lowest BCUT2D eigenvalue weighted by atomic mass is 9.98. The first-order valence-electron chi connectivity index (χ1n) is 7.04. The summed E-state index contributed by atoms with van der Waals surface area (Å²) < 4.78 is 0. The molecule has 0 fully saturated rings. The summed E-state index contributed by atoms with van der Waals surface area (Å²) in [6, 6.07) is 8.91. The Bertz CT molecular complexity index is 345. The summed E-state index contributed by atoms with van der Waals surface area (Å²) in [6.45, 7) is 2.28. The van der Waals surface area contributed by atoms with Gasteiger partial charge >= 0.3 is 0 Å². The summed E-state index contributed by atoms with van der Waals surface area (Å²) in [4.78, 5) is 0.602. The lowest BCUT2D eigenvalue weighted by Gasteiger charge is -2.14. The monoisotopic (exact) mass is 294 g/mol. The Hall–Kier alpha value is -0.300. The molecular weight excluding hydrogens is 272 g/mol. The predicted molar refractivity (Wildman–Crippen MR) is 78.7 cm³/mol.